The summed E-state index contributed by atoms with van der Waals surface area (Å²) in [6.07, 6.45) is 0. The van der Waals surface area contributed by atoms with E-state index in [1.165, 1.54) is 13.2 Å². The number of H-pyrrole nitrogens is 1. The number of imidazole rings is 1. The molecule has 21 heavy (non-hydrogen) atoms. The van der Waals surface area contributed by atoms with Crippen molar-refractivity contribution in [1.82, 2.24) is 9.55 Å². The van der Waals surface area contributed by atoms with E-state index in [2.05, 4.69) is 20.9 Å². The van der Waals surface area contributed by atoms with E-state index < -0.39 is 5.82 Å². The molecule has 0 saturated heterocycles. The lowest BCUT2D eigenvalue weighted by molar-refractivity contribution is 0.387. The molecular weight excluding hydrogens is 379 g/mol. The van der Waals surface area contributed by atoms with Gasteiger partial charge in [0.2, 0.25) is 0 Å². The van der Waals surface area contributed by atoms with Gasteiger partial charge in [0.1, 0.15) is 0 Å². The van der Waals surface area contributed by atoms with Gasteiger partial charge in [-0.2, -0.15) is 0 Å². The molecule has 1 aromatic heterocycles. The van der Waals surface area contributed by atoms with Crippen molar-refractivity contribution < 1.29 is 9.13 Å². The average molecular weight is 388 g/mol. The standard InChI is InChI=1S/C14H9BrClFN2OS/c1-20-13-6-12-11(5-10(13)17)18-14(21)19(12)7-2-3-9(16)8(15)4-7/h2-6H,1H3,(H,18,21). The number of ether oxygens (including phenoxy) is 1. The highest BCUT2D eigenvalue weighted by molar-refractivity contribution is 9.10. The van der Waals surface area contributed by atoms with Crippen LogP contribution in [0.1, 0.15) is 0 Å². The number of rotatable bonds is 2. The van der Waals surface area contributed by atoms with Crippen molar-refractivity contribution in [3.05, 3.63) is 50.4 Å². The average Bonchev–Trinajstić information content (AvgIpc) is 2.76. The molecule has 2 aromatic carbocycles. The first-order chi connectivity index (χ1) is 10.0. The lowest BCUT2D eigenvalue weighted by atomic mass is 10.2. The molecule has 0 unspecified atom stereocenters. The van der Waals surface area contributed by atoms with E-state index in [-0.39, 0.29) is 5.75 Å². The molecular formula is C14H9BrClFN2OS. The molecule has 0 radical (unpaired) electrons. The summed E-state index contributed by atoms with van der Waals surface area (Å²) in [6.45, 7) is 0. The van der Waals surface area contributed by atoms with Crippen LogP contribution in [-0.4, -0.2) is 16.7 Å². The van der Waals surface area contributed by atoms with Gasteiger partial charge in [-0.15, -0.1) is 0 Å². The maximum atomic E-state index is 13.8. The highest BCUT2D eigenvalue weighted by Gasteiger charge is 2.12. The molecule has 108 valence electrons. The second-order valence-electron chi connectivity index (χ2n) is 4.37. The molecule has 0 amide bonds. The van der Waals surface area contributed by atoms with Crippen LogP contribution in [0.4, 0.5) is 4.39 Å². The molecule has 0 aliphatic rings. The van der Waals surface area contributed by atoms with E-state index in [0.717, 1.165) is 15.7 Å². The number of fused-ring (bicyclic) bond motifs is 1. The quantitative estimate of drug-likeness (QED) is 0.609. The maximum Gasteiger partial charge on any atom is 0.182 e. The molecule has 0 aliphatic carbocycles. The number of nitrogens with zero attached hydrogens (tertiary/aromatic N) is 1. The Morgan fingerprint density at radius 1 is 1.33 bits per heavy atom. The fourth-order valence-corrected chi connectivity index (χ4v) is 2.94. The van der Waals surface area contributed by atoms with Crippen molar-refractivity contribution >= 4 is 50.8 Å². The summed E-state index contributed by atoms with van der Waals surface area (Å²) in [4.78, 5) is 2.99. The van der Waals surface area contributed by atoms with Crippen LogP contribution in [0.15, 0.2) is 34.8 Å². The molecule has 0 saturated carbocycles. The number of methoxy groups -OCH3 is 1. The van der Waals surface area contributed by atoms with Gasteiger partial charge in [0, 0.05) is 22.3 Å². The second kappa shape index (κ2) is 5.44. The van der Waals surface area contributed by atoms with Crippen LogP contribution in [0, 0.1) is 10.6 Å². The molecule has 0 atom stereocenters. The van der Waals surface area contributed by atoms with Crippen molar-refractivity contribution in [3.63, 3.8) is 0 Å². The van der Waals surface area contributed by atoms with Crippen LogP contribution in [0.25, 0.3) is 16.7 Å². The van der Waals surface area contributed by atoms with Crippen LogP contribution >= 0.6 is 39.7 Å². The Bertz CT molecular complexity index is 906. The van der Waals surface area contributed by atoms with Crippen molar-refractivity contribution in [2.75, 3.05) is 7.11 Å². The third-order valence-electron chi connectivity index (χ3n) is 3.12. The second-order valence-corrected chi connectivity index (χ2v) is 6.02. The number of aromatic amines is 1. The van der Waals surface area contributed by atoms with E-state index >= 15 is 0 Å². The van der Waals surface area contributed by atoms with Gasteiger partial charge in [-0.3, -0.25) is 4.57 Å². The van der Waals surface area contributed by atoms with Crippen LogP contribution in [0.2, 0.25) is 5.02 Å². The van der Waals surface area contributed by atoms with Crippen LogP contribution in [0.3, 0.4) is 0 Å². The van der Waals surface area contributed by atoms with E-state index in [1.54, 1.807) is 16.7 Å². The van der Waals surface area contributed by atoms with Crippen molar-refractivity contribution in [3.8, 4) is 11.4 Å². The lowest BCUT2D eigenvalue weighted by Crippen LogP contribution is -1.95. The van der Waals surface area contributed by atoms with Crippen LogP contribution in [0.5, 0.6) is 5.75 Å². The fraction of sp³-hybridized carbons (Fsp3) is 0.0714. The smallest absolute Gasteiger partial charge is 0.182 e. The molecule has 1 heterocycles. The summed E-state index contributed by atoms with van der Waals surface area (Å²) < 4.78 is 21.8. The van der Waals surface area contributed by atoms with Gasteiger partial charge in [-0.1, -0.05) is 11.6 Å². The zero-order valence-electron chi connectivity index (χ0n) is 10.8. The number of nitrogens with one attached hydrogen (secondary N) is 1. The lowest BCUT2D eigenvalue weighted by Gasteiger charge is -2.07. The van der Waals surface area contributed by atoms with E-state index in [0.29, 0.717) is 15.3 Å². The Kier molecular flexibility index (Phi) is 3.77. The highest BCUT2D eigenvalue weighted by Crippen LogP contribution is 2.30. The predicted molar refractivity (Wildman–Crippen MR) is 87.7 cm³/mol. The van der Waals surface area contributed by atoms with E-state index in [1.807, 2.05) is 12.1 Å². The zero-order valence-corrected chi connectivity index (χ0v) is 13.9. The van der Waals surface area contributed by atoms with Crippen molar-refractivity contribution in [2.45, 2.75) is 0 Å². The summed E-state index contributed by atoms with van der Waals surface area (Å²) >= 11 is 14.7. The van der Waals surface area contributed by atoms with E-state index in [4.69, 9.17) is 28.6 Å². The first-order valence-electron chi connectivity index (χ1n) is 5.95. The normalized spacial score (nSPS) is 11.0. The monoisotopic (exact) mass is 386 g/mol. The molecule has 0 spiro atoms. The molecule has 0 fully saturated rings. The predicted octanol–water partition coefficient (Wildman–Crippen LogP) is 5.25. The van der Waals surface area contributed by atoms with Crippen molar-refractivity contribution in [1.29, 1.82) is 0 Å². The minimum absolute atomic E-state index is 0.165. The number of aromatic nitrogens is 2. The van der Waals surface area contributed by atoms with Gasteiger partial charge in [-0.25, -0.2) is 4.39 Å². The van der Waals surface area contributed by atoms with Gasteiger partial charge in [0.15, 0.2) is 16.3 Å². The zero-order chi connectivity index (χ0) is 15.1. The van der Waals surface area contributed by atoms with Gasteiger partial charge >= 0.3 is 0 Å². The molecule has 0 aliphatic heterocycles. The Balaban J connectivity index is 2.33. The first kappa shape index (κ1) is 14.6. The van der Waals surface area contributed by atoms with Gasteiger partial charge in [0.25, 0.3) is 0 Å². The summed E-state index contributed by atoms with van der Waals surface area (Å²) in [5.74, 6) is -0.274. The van der Waals surface area contributed by atoms with Gasteiger partial charge in [0.05, 0.1) is 23.2 Å². The fourth-order valence-electron chi connectivity index (χ4n) is 2.15. The summed E-state index contributed by atoms with van der Waals surface area (Å²) in [6, 6.07) is 8.43. The molecule has 0 bridgehead atoms. The van der Waals surface area contributed by atoms with Crippen LogP contribution in [-0.2, 0) is 0 Å². The Labute approximate surface area is 138 Å². The van der Waals surface area contributed by atoms with Gasteiger partial charge in [-0.05, 0) is 46.3 Å². The number of halogens is 3. The highest BCUT2D eigenvalue weighted by atomic mass is 79.9. The summed E-state index contributed by atoms with van der Waals surface area (Å²) in [7, 11) is 1.43. The summed E-state index contributed by atoms with van der Waals surface area (Å²) in [5.41, 5.74) is 2.15. The third kappa shape index (κ3) is 2.47. The largest absolute Gasteiger partial charge is 0.494 e. The maximum absolute atomic E-state index is 13.8. The summed E-state index contributed by atoms with van der Waals surface area (Å²) in [5, 5.41) is 0.605. The number of hydrogen-bond donors (Lipinski definition) is 1. The minimum atomic E-state index is -0.439. The van der Waals surface area contributed by atoms with Gasteiger partial charge < -0.3 is 9.72 Å². The molecule has 1 N–H and O–H groups in total. The molecule has 7 heteroatoms. The Morgan fingerprint density at radius 2 is 2.10 bits per heavy atom. The van der Waals surface area contributed by atoms with Crippen LogP contribution < -0.4 is 4.74 Å². The topological polar surface area (TPSA) is 29.9 Å². The van der Waals surface area contributed by atoms with Crippen molar-refractivity contribution in [2.24, 2.45) is 0 Å². The third-order valence-corrected chi connectivity index (χ3v) is 4.62. The Morgan fingerprint density at radius 3 is 2.76 bits per heavy atom. The number of benzene rings is 2. The molecule has 3 rings (SSSR count). The minimum Gasteiger partial charge on any atom is -0.494 e. The SMILES string of the molecule is COc1cc2c(cc1F)[nH]c(=S)n2-c1ccc(Cl)c(Br)c1. The first-order valence-corrected chi connectivity index (χ1v) is 7.53. The molecule has 3 aromatic rings. The van der Waals surface area contributed by atoms with E-state index in [9.17, 15) is 4.39 Å². The number of hydrogen-bond acceptors (Lipinski definition) is 2. The molecule has 3 nitrogen and oxygen atoms in total. The Hall–Kier alpha value is -1.37.